The predicted molar refractivity (Wildman–Crippen MR) is 95.4 cm³/mol. The average Bonchev–Trinajstić information content (AvgIpc) is 3.01. The Morgan fingerprint density at radius 2 is 1.77 bits per heavy atom. The maximum absolute atomic E-state index is 12.6. The number of halogens is 6. The SMILES string of the molecule is [B]C(NC(=O)Cc1ccc(C(F)(F)F)cc1)c1cc2cnn(CC(F)(F)F)c2cn1. The van der Waals surface area contributed by atoms with Gasteiger partial charge in [-0.2, -0.15) is 31.4 Å². The Labute approximate surface area is 167 Å². The summed E-state index contributed by atoms with van der Waals surface area (Å²) in [6.45, 7) is -1.27. The number of nitrogens with one attached hydrogen (secondary N) is 1. The minimum atomic E-state index is -4.47. The molecule has 0 aliphatic carbocycles. The fourth-order valence-electron chi connectivity index (χ4n) is 2.76. The molecule has 3 aromatic rings. The van der Waals surface area contributed by atoms with Crippen LogP contribution >= 0.6 is 0 Å². The van der Waals surface area contributed by atoms with Gasteiger partial charge in [0.2, 0.25) is 5.91 Å². The quantitative estimate of drug-likeness (QED) is 0.502. The highest BCUT2D eigenvalue weighted by Crippen LogP contribution is 2.29. The lowest BCUT2D eigenvalue weighted by Crippen LogP contribution is -2.30. The van der Waals surface area contributed by atoms with Crippen molar-refractivity contribution in [3.63, 3.8) is 0 Å². The molecular weight excluding hydrogens is 413 g/mol. The second kappa shape index (κ2) is 8.00. The third kappa shape index (κ3) is 5.31. The molecule has 0 saturated carbocycles. The topological polar surface area (TPSA) is 59.8 Å². The van der Waals surface area contributed by atoms with Crippen molar-refractivity contribution in [1.29, 1.82) is 0 Å². The summed E-state index contributed by atoms with van der Waals surface area (Å²) in [5.74, 6) is -1.63. The molecule has 2 radical (unpaired) electrons. The Morgan fingerprint density at radius 3 is 2.37 bits per heavy atom. The first-order chi connectivity index (χ1) is 13.9. The van der Waals surface area contributed by atoms with E-state index < -0.39 is 36.3 Å². The van der Waals surface area contributed by atoms with Crippen LogP contribution in [0.4, 0.5) is 26.3 Å². The highest BCUT2D eigenvalue weighted by molar-refractivity contribution is 6.13. The zero-order valence-electron chi connectivity index (χ0n) is 15.1. The summed E-state index contributed by atoms with van der Waals surface area (Å²) in [6.07, 6.45) is -6.73. The summed E-state index contributed by atoms with van der Waals surface area (Å²) in [4.78, 5) is 16.1. The van der Waals surface area contributed by atoms with Gasteiger partial charge in [0, 0.05) is 11.3 Å². The first-order valence-electron chi connectivity index (χ1n) is 8.52. The van der Waals surface area contributed by atoms with E-state index in [4.69, 9.17) is 7.85 Å². The monoisotopic (exact) mass is 426 g/mol. The summed E-state index contributed by atoms with van der Waals surface area (Å²) in [6, 6.07) is 5.52. The van der Waals surface area contributed by atoms with E-state index in [2.05, 4.69) is 15.4 Å². The number of pyridine rings is 1. The highest BCUT2D eigenvalue weighted by Gasteiger charge is 2.30. The van der Waals surface area contributed by atoms with Gasteiger partial charge in [0.1, 0.15) is 14.4 Å². The lowest BCUT2D eigenvalue weighted by atomic mass is 9.92. The molecule has 30 heavy (non-hydrogen) atoms. The predicted octanol–water partition coefficient (Wildman–Crippen LogP) is 3.54. The molecule has 2 heterocycles. The Kier molecular flexibility index (Phi) is 5.77. The van der Waals surface area contributed by atoms with Gasteiger partial charge in [-0.3, -0.25) is 14.5 Å². The lowest BCUT2D eigenvalue weighted by Gasteiger charge is -2.15. The summed E-state index contributed by atoms with van der Waals surface area (Å²) < 4.78 is 76.1. The Bertz CT molecular complexity index is 1050. The van der Waals surface area contributed by atoms with E-state index in [0.29, 0.717) is 10.9 Å². The van der Waals surface area contributed by atoms with Crippen molar-refractivity contribution in [3.05, 3.63) is 59.5 Å². The minimum Gasteiger partial charge on any atom is -0.356 e. The molecule has 0 aliphatic rings. The van der Waals surface area contributed by atoms with Crippen LogP contribution in [0.5, 0.6) is 0 Å². The number of aromatic nitrogens is 3. The van der Waals surface area contributed by atoms with E-state index in [1.165, 1.54) is 30.6 Å². The number of nitrogens with zero attached hydrogens (tertiary/aromatic N) is 3. The van der Waals surface area contributed by atoms with Gasteiger partial charge in [-0.1, -0.05) is 12.1 Å². The van der Waals surface area contributed by atoms with Crippen LogP contribution in [0, 0.1) is 0 Å². The van der Waals surface area contributed by atoms with Gasteiger partial charge >= 0.3 is 12.4 Å². The van der Waals surface area contributed by atoms with Crippen molar-refractivity contribution in [3.8, 4) is 0 Å². The zero-order valence-corrected chi connectivity index (χ0v) is 15.1. The standard InChI is InChI=1S/C18H13BF6N4O/c19-16(28-15(30)5-10-1-3-12(4-2-10)18(23,24)25)13-6-11-7-27-29(9-17(20,21)22)14(11)8-26-13/h1-4,6-8,16H,5,9H2,(H,28,30). The normalized spacial score (nSPS) is 13.4. The number of hydrogen-bond acceptors (Lipinski definition) is 3. The van der Waals surface area contributed by atoms with E-state index in [1.807, 2.05) is 0 Å². The molecule has 0 spiro atoms. The second-order valence-electron chi connectivity index (χ2n) is 6.50. The van der Waals surface area contributed by atoms with Crippen molar-refractivity contribution < 1.29 is 31.1 Å². The lowest BCUT2D eigenvalue weighted by molar-refractivity contribution is -0.142. The van der Waals surface area contributed by atoms with Gasteiger partial charge < -0.3 is 5.32 Å². The number of benzene rings is 1. The van der Waals surface area contributed by atoms with Gasteiger partial charge in [-0.15, -0.1) is 0 Å². The number of alkyl halides is 6. The van der Waals surface area contributed by atoms with Crippen molar-refractivity contribution in [1.82, 2.24) is 20.1 Å². The van der Waals surface area contributed by atoms with Crippen molar-refractivity contribution in [2.45, 2.75) is 31.3 Å². The Hall–Kier alpha value is -3.05. The number of hydrogen-bond donors (Lipinski definition) is 1. The third-order valence-electron chi connectivity index (χ3n) is 4.16. The molecule has 1 aromatic carbocycles. The fourth-order valence-corrected chi connectivity index (χ4v) is 2.76. The van der Waals surface area contributed by atoms with Crippen molar-refractivity contribution in [2.24, 2.45) is 0 Å². The number of carbonyl (C=O) groups excluding carboxylic acids is 1. The highest BCUT2D eigenvalue weighted by atomic mass is 19.4. The van der Waals surface area contributed by atoms with Crippen LogP contribution < -0.4 is 5.32 Å². The van der Waals surface area contributed by atoms with Crippen molar-refractivity contribution >= 4 is 24.7 Å². The number of amides is 1. The molecule has 1 atom stereocenters. The van der Waals surface area contributed by atoms with Crippen LogP contribution in [0.25, 0.3) is 10.9 Å². The molecule has 0 bridgehead atoms. The van der Waals surface area contributed by atoms with Gasteiger partial charge in [0.25, 0.3) is 0 Å². The number of rotatable bonds is 5. The fraction of sp³-hybridized carbons (Fsp3) is 0.278. The molecule has 0 saturated heterocycles. The molecular formula is C18H13BF6N4O. The summed E-state index contributed by atoms with van der Waals surface area (Å²) >= 11 is 0. The van der Waals surface area contributed by atoms with Crippen LogP contribution in [-0.4, -0.2) is 34.7 Å². The van der Waals surface area contributed by atoms with Crippen LogP contribution in [0.15, 0.2) is 42.7 Å². The smallest absolute Gasteiger partial charge is 0.356 e. The van der Waals surface area contributed by atoms with Crippen LogP contribution in [0.2, 0.25) is 0 Å². The first-order valence-corrected chi connectivity index (χ1v) is 8.52. The number of fused-ring (bicyclic) bond motifs is 1. The molecule has 3 rings (SSSR count). The Balaban J connectivity index is 1.65. The largest absolute Gasteiger partial charge is 0.416 e. The maximum atomic E-state index is 12.6. The molecule has 156 valence electrons. The van der Waals surface area contributed by atoms with Gasteiger partial charge in [-0.25, -0.2) is 0 Å². The van der Waals surface area contributed by atoms with E-state index in [0.717, 1.165) is 16.8 Å². The molecule has 1 amide bonds. The molecule has 2 aromatic heterocycles. The van der Waals surface area contributed by atoms with E-state index >= 15 is 0 Å². The zero-order chi connectivity index (χ0) is 22.1. The molecule has 0 fully saturated rings. The summed E-state index contributed by atoms with van der Waals surface area (Å²) in [5.41, 5.74) is -0.134. The van der Waals surface area contributed by atoms with Crippen molar-refractivity contribution in [2.75, 3.05) is 0 Å². The molecule has 0 aliphatic heterocycles. The van der Waals surface area contributed by atoms with Crippen LogP contribution in [-0.2, 0) is 23.9 Å². The molecule has 12 heteroatoms. The summed E-state index contributed by atoms with van der Waals surface area (Å²) in [7, 11) is 5.88. The third-order valence-corrected chi connectivity index (χ3v) is 4.16. The van der Waals surface area contributed by atoms with Crippen LogP contribution in [0.3, 0.4) is 0 Å². The van der Waals surface area contributed by atoms with E-state index in [1.54, 1.807) is 0 Å². The molecule has 1 unspecified atom stereocenters. The average molecular weight is 426 g/mol. The van der Waals surface area contributed by atoms with Gasteiger partial charge in [-0.05, 0) is 23.8 Å². The minimum absolute atomic E-state index is 0.152. The van der Waals surface area contributed by atoms with E-state index in [-0.39, 0.29) is 17.6 Å². The molecule has 1 N–H and O–H groups in total. The summed E-state index contributed by atoms with van der Waals surface area (Å²) in [5, 5.41) is 6.47. The first kappa shape index (κ1) is 21.7. The Morgan fingerprint density at radius 1 is 1.10 bits per heavy atom. The maximum Gasteiger partial charge on any atom is 0.416 e. The number of carbonyl (C=O) groups is 1. The van der Waals surface area contributed by atoms with Gasteiger partial charge in [0.05, 0.1) is 35.6 Å². The second-order valence-corrected chi connectivity index (χ2v) is 6.50. The van der Waals surface area contributed by atoms with E-state index in [9.17, 15) is 31.1 Å². The van der Waals surface area contributed by atoms with Crippen LogP contribution in [0.1, 0.15) is 22.8 Å². The molecule has 5 nitrogen and oxygen atoms in total. The van der Waals surface area contributed by atoms with Gasteiger partial charge in [0.15, 0.2) is 0 Å².